The molecule has 4 nitrogen and oxygen atoms in total. The molecule has 1 saturated heterocycles. The number of rotatable bonds is 9. The van der Waals surface area contributed by atoms with Gasteiger partial charge in [0, 0.05) is 39.1 Å². The molecule has 0 N–H and O–H groups in total. The number of hydrogen-bond donors (Lipinski definition) is 0. The second-order valence-electron chi connectivity index (χ2n) is 6.27. The van der Waals surface area contributed by atoms with Gasteiger partial charge in [0.15, 0.2) is 0 Å². The van der Waals surface area contributed by atoms with Crippen LogP contribution in [0, 0.1) is 0 Å². The van der Waals surface area contributed by atoms with Gasteiger partial charge in [-0.2, -0.15) is 0 Å². The van der Waals surface area contributed by atoms with E-state index in [1.807, 2.05) is 23.1 Å². The van der Waals surface area contributed by atoms with Crippen LogP contribution < -0.4 is 4.74 Å². The molecule has 4 heteroatoms. The fourth-order valence-corrected chi connectivity index (χ4v) is 2.91. The van der Waals surface area contributed by atoms with E-state index in [0.717, 1.165) is 57.7 Å². The summed E-state index contributed by atoms with van der Waals surface area (Å²) in [5, 5.41) is 0. The van der Waals surface area contributed by atoms with Crippen LogP contribution >= 0.6 is 0 Å². The summed E-state index contributed by atoms with van der Waals surface area (Å²) in [7, 11) is 0. The molecule has 1 fully saturated rings. The SMILES string of the molecule is C=CCN1CCN(C(=O)CCCCOc2ccc(CC)cc2)CC1. The fourth-order valence-electron chi connectivity index (χ4n) is 2.91. The average molecular weight is 330 g/mol. The molecular weight excluding hydrogens is 300 g/mol. The minimum atomic E-state index is 0.278. The number of unbranched alkanes of at least 4 members (excludes halogenated alkanes) is 1. The number of hydrogen-bond acceptors (Lipinski definition) is 3. The Hall–Kier alpha value is -1.81. The van der Waals surface area contributed by atoms with Crippen molar-refractivity contribution in [3.05, 3.63) is 42.5 Å². The van der Waals surface area contributed by atoms with E-state index in [2.05, 4.69) is 30.5 Å². The van der Waals surface area contributed by atoms with Gasteiger partial charge in [0.05, 0.1) is 6.61 Å². The third-order valence-corrected chi connectivity index (χ3v) is 4.50. The van der Waals surface area contributed by atoms with Crippen molar-refractivity contribution in [2.75, 3.05) is 39.3 Å². The van der Waals surface area contributed by atoms with E-state index in [-0.39, 0.29) is 5.91 Å². The van der Waals surface area contributed by atoms with Gasteiger partial charge in [-0.1, -0.05) is 25.1 Å². The largest absolute Gasteiger partial charge is 0.494 e. The third-order valence-electron chi connectivity index (χ3n) is 4.50. The van der Waals surface area contributed by atoms with Crippen molar-refractivity contribution in [1.82, 2.24) is 9.80 Å². The molecular formula is C20H30N2O2. The topological polar surface area (TPSA) is 32.8 Å². The maximum absolute atomic E-state index is 12.2. The van der Waals surface area contributed by atoms with Gasteiger partial charge in [0.25, 0.3) is 0 Å². The number of carbonyl (C=O) groups excluding carboxylic acids is 1. The Balaban J connectivity index is 1.57. The van der Waals surface area contributed by atoms with Gasteiger partial charge >= 0.3 is 0 Å². The summed E-state index contributed by atoms with van der Waals surface area (Å²) < 4.78 is 5.73. The summed E-state index contributed by atoms with van der Waals surface area (Å²) in [5.74, 6) is 1.19. The lowest BCUT2D eigenvalue weighted by Crippen LogP contribution is -2.48. The monoisotopic (exact) mass is 330 g/mol. The first kappa shape index (κ1) is 18.5. The van der Waals surface area contributed by atoms with Crippen LogP contribution in [-0.4, -0.2) is 55.0 Å². The third kappa shape index (κ3) is 6.00. The summed E-state index contributed by atoms with van der Waals surface area (Å²) in [6.07, 6.45) is 5.40. The summed E-state index contributed by atoms with van der Waals surface area (Å²) in [6.45, 7) is 11.1. The van der Waals surface area contributed by atoms with Gasteiger partial charge in [-0.3, -0.25) is 9.69 Å². The molecule has 0 spiro atoms. The second-order valence-corrected chi connectivity index (χ2v) is 6.27. The van der Waals surface area contributed by atoms with Gasteiger partial charge in [-0.05, 0) is 37.0 Å². The van der Waals surface area contributed by atoms with E-state index in [0.29, 0.717) is 13.0 Å². The van der Waals surface area contributed by atoms with Crippen molar-refractivity contribution in [3.63, 3.8) is 0 Å². The first-order chi connectivity index (χ1) is 11.7. The number of ether oxygens (including phenoxy) is 1. The smallest absolute Gasteiger partial charge is 0.222 e. The predicted octanol–water partition coefficient (Wildman–Crippen LogP) is 3.13. The van der Waals surface area contributed by atoms with Crippen molar-refractivity contribution in [2.45, 2.75) is 32.6 Å². The number of benzene rings is 1. The minimum Gasteiger partial charge on any atom is -0.494 e. The maximum atomic E-state index is 12.2. The van der Waals surface area contributed by atoms with Crippen LogP contribution in [0.25, 0.3) is 0 Å². The molecule has 2 rings (SSSR count). The molecule has 1 aromatic carbocycles. The van der Waals surface area contributed by atoms with Gasteiger partial charge in [0.1, 0.15) is 5.75 Å². The van der Waals surface area contributed by atoms with Crippen LogP contribution in [0.1, 0.15) is 31.7 Å². The molecule has 1 aromatic rings. The maximum Gasteiger partial charge on any atom is 0.222 e. The van der Waals surface area contributed by atoms with Crippen LogP contribution in [-0.2, 0) is 11.2 Å². The number of amides is 1. The lowest BCUT2D eigenvalue weighted by Gasteiger charge is -2.34. The number of nitrogens with zero attached hydrogens (tertiary/aromatic N) is 2. The predicted molar refractivity (Wildman–Crippen MR) is 98.4 cm³/mol. The van der Waals surface area contributed by atoms with Crippen molar-refractivity contribution >= 4 is 5.91 Å². The van der Waals surface area contributed by atoms with E-state index in [1.54, 1.807) is 0 Å². The quantitative estimate of drug-likeness (QED) is 0.515. The van der Waals surface area contributed by atoms with Crippen LogP contribution in [0.15, 0.2) is 36.9 Å². The van der Waals surface area contributed by atoms with Gasteiger partial charge in [-0.15, -0.1) is 6.58 Å². The molecule has 0 saturated carbocycles. The van der Waals surface area contributed by atoms with Crippen molar-refractivity contribution < 1.29 is 9.53 Å². The van der Waals surface area contributed by atoms with E-state index in [1.165, 1.54) is 5.56 Å². The highest BCUT2D eigenvalue weighted by molar-refractivity contribution is 5.76. The van der Waals surface area contributed by atoms with Gasteiger partial charge < -0.3 is 9.64 Å². The van der Waals surface area contributed by atoms with Crippen molar-refractivity contribution in [3.8, 4) is 5.75 Å². The molecule has 24 heavy (non-hydrogen) atoms. The summed E-state index contributed by atoms with van der Waals surface area (Å²) in [5.41, 5.74) is 1.32. The Kier molecular flexibility index (Phi) is 7.83. The van der Waals surface area contributed by atoms with Crippen LogP contribution in [0.2, 0.25) is 0 Å². The number of piperazine rings is 1. The Labute approximate surface area is 146 Å². The minimum absolute atomic E-state index is 0.278. The Bertz CT molecular complexity index is 505. The lowest BCUT2D eigenvalue weighted by molar-refractivity contribution is -0.133. The lowest BCUT2D eigenvalue weighted by atomic mass is 10.2. The Morgan fingerprint density at radius 1 is 1.17 bits per heavy atom. The molecule has 1 aliphatic rings. The van der Waals surface area contributed by atoms with Gasteiger partial charge in [0.2, 0.25) is 5.91 Å². The molecule has 0 radical (unpaired) electrons. The van der Waals surface area contributed by atoms with Crippen LogP contribution in [0.5, 0.6) is 5.75 Å². The molecule has 1 heterocycles. The Morgan fingerprint density at radius 3 is 2.50 bits per heavy atom. The summed E-state index contributed by atoms with van der Waals surface area (Å²) in [6, 6.07) is 8.25. The zero-order valence-corrected chi connectivity index (χ0v) is 14.9. The zero-order valence-electron chi connectivity index (χ0n) is 14.9. The summed E-state index contributed by atoms with van der Waals surface area (Å²) in [4.78, 5) is 16.5. The highest BCUT2D eigenvalue weighted by Gasteiger charge is 2.19. The van der Waals surface area contributed by atoms with Crippen LogP contribution in [0.3, 0.4) is 0 Å². The molecule has 0 aliphatic carbocycles. The van der Waals surface area contributed by atoms with Crippen molar-refractivity contribution in [2.24, 2.45) is 0 Å². The molecule has 0 bridgehead atoms. The first-order valence-electron chi connectivity index (χ1n) is 9.05. The van der Waals surface area contributed by atoms with E-state index >= 15 is 0 Å². The molecule has 1 aliphatic heterocycles. The Morgan fingerprint density at radius 2 is 1.88 bits per heavy atom. The molecule has 1 amide bonds. The number of aryl methyl sites for hydroxylation is 1. The van der Waals surface area contributed by atoms with E-state index in [4.69, 9.17) is 4.74 Å². The average Bonchev–Trinajstić information content (AvgIpc) is 2.62. The normalized spacial score (nSPS) is 15.3. The van der Waals surface area contributed by atoms with E-state index in [9.17, 15) is 4.79 Å². The first-order valence-corrected chi connectivity index (χ1v) is 9.05. The van der Waals surface area contributed by atoms with Crippen molar-refractivity contribution in [1.29, 1.82) is 0 Å². The van der Waals surface area contributed by atoms with E-state index < -0.39 is 0 Å². The standard InChI is InChI=1S/C20H30N2O2/c1-3-12-21-13-15-22(16-14-21)20(23)7-5-6-17-24-19-10-8-18(4-2)9-11-19/h3,8-11H,1,4-7,12-17H2,2H3. The fraction of sp³-hybridized carbons (Fsp3) is 0.550. The number of carbonyl (C=O) groups is 1. The highest BCUT2D eigenvalue weighted by atomic mass is 16.5. The molecule has 132 valence electrons. The molecule has 0 unspecified atom stereocenters. The van der Waals surface area contributed by atoms with Crippen LogP contribution in [0.4, 0.5) is 0 Å². The zero-order chi connectivity index (χ0) is 17.2. The van der Waals surface area contributed by atoms with Gasteiger partial charge in [-0.25, -0.2) is 0 Å². The second kappa shape index (κ2) is 10.1. The highest BCUT2D eigenvalue weighted by Crippen LogP contribution is 2.13. The molecule has 0 aromatic heterocycles. The summed E-state index contributed by atoms with van der Waals surface area (Å²) >= 11 is 0. The molecule has 0 atom stereocenters.